The molecule has 4 heteroatoms. The fourth-order valence-corrected chi connectivity index (χ4v) is 2.27. The average molecular weight is 212 g/mol. The molecule has 0 bridgehead atoms. The minimum atomic E-state index is -0.908. The summed E-state index contributed by atoms with van der Waals surface area (Å²) >= 11 is 0. The Hall–Kier alpha value is -1.19. The summed E-state index contributed by atoms with van der Waals surface area (Å²) in [5, 5.41) is 0. The molecular weight excluding hydrogens is 196 g/mol. The highest BCUT2D eigenvalue weighted by Gasteiger charge is 2.40. The van der Waals surface area contributed by atoms with Crippen LogP contribution < -0.4 is 0 Å². The molecule has 0 aromatic carbocycles. The largest absolute Gasteiger partial charge is 0.463 e. The van der Waals surface area contributed by atoms with Gasteiger partial charge in [-0.3, -0.25) is 9.59 Å². The summed E-state index contributed by atoms with van der Waals surface area (Å²) in [6.45, 7) is 3.81. The Labute approximate surface area is 89.0 Å². The number of ether oxygens (including phenoxy) is 1. The highest BCUT2D eigenvalue weighted by molar-refractivity contribution is 6.38. The number of ketones is 2. The Kier molecular flexibility index (Phi) is 3.61. The summed E-state index contributed by atoms with van der Waals surface area (Å²) in [6.07, 6.45) is 1.19. The number of hydrogen-bond acceptors (Lipinski definition) is 4. The summed E-state index contributed by atoms with van der Waals surface area (Å²) in [7, 11) is 1.15. The van der Waals surface area contributed by atoms with Crippen molar-refractivity contribution in [1.29, 1.82) is 0 Å². The third-order valence-electron chi connectivity index (χ3n) is 2.91. The Morgan fingerprint density at radius 3 is 2.40 bits per heavy atom. The maximum Gasteiger partial charge on any atom is 0.375 e. The lowest BCUT2D eigenvalue weighted by molar-refractivity contribution is -0.157. The van der Waals surface area contributed by atoms with Crippen molar-refractivity contribution in [2.45, 2.75) is 26.7 Å². The van der Waals surface area contributed by atoms with Crippen LogP contribution in [0.3, 0.4) is 0 Å². The molecule has 1 fully saturated rings. The van der Waals surface area contributed by atoms with Gasteiger partial charge in [-0.25, -0.2) is 4.79 Å². The Morgan fingerprint density at radius 2 is 1.93 bits per heavy atom. The van der Waals surface area contributed by atoms with Gasteiger partial charge in [0.2, 0.25) is 0 Å². The van der Waals surface area contributed by atoms with E-state index in [4.69, 9.17) is 0 Å². The topological polar surface area (TPSA) is 60.4 Å². The van der Waals surface area contributed by atoms with Crippen LogP contribution in [0.15, 0.2) is 0 Å². The fraction of sp³-hybridized carbons (Fsp3) is 0.727. The van der Waals surface area contributed by atoms with Gasteiger partial charge in [0, 0.05) is 6.42 Å². The predicted octanol–water partition coefficient (Wildman–Crippen LogP) is 0.980. The zero-order chi connectivity index (χ0) is 11.6. The maximum atomic E-state index is 11.6. The van der Waals surface area contributed by atoms with E-state index in [1.54, 1.807) is 0 Å². The number of carbonyl (C=O) groups is 3. The minimum absolute atomic E-state index is 0.0622. The molecule has 3 unspecified atom stereocenters. The zero-order valence-electron chi connectivity index (χ0n) is 9.28. The van der Waals surface area contributed by atoms with Crippen LogP contribution in [0.2, 0.25) is 0 Å². The van der Waals surface area contributed by atoms with Gasteiger partial charge in [-0.05, 0) is 18.3 Å². The van der Waals surface area contributed by atoms with E-state index in [9.17, 15) is 14.4 Å². The predicted molar refractivity (Wildman–Crippen MR) is 53.1 cm³/mol. The first-order valence-electron chi connectivity index (χ1n) is 5.12. The second-order valence-corrected chi connectivity index (χ2v) is 4.32. The third-order valence-corrected chi connectivity index (χ3v) is 2.91. The van der Waals surface area contributed by atoms with Gasteiger partial charge < -0.3 is 4.74 Å². The number of esters is 1. The standard InChI is InChI=1S/C11H16O4/c1-6-4-7(2)9(8(12)5-6)10(13)11(14)15-3/h6-7,9H,4-5H2,1-3H3. The summed E-state index contributed by atoms with van der Waals surface area (Å²) < 4.78 is 4.35. The van der Waals surface area contributed by atoms with E-state index in [0.717, 1.165) is 13.5 Å². The van der Waals surface area contributed by atoms with Crippen molar-refractivity contribution >= 4 is 17.5 Å². The average Bonchev–Trinajstić information content (AvgIpc) is 2.14. The first kappa shape index (κ1) is 11.9. The first-order chi connectivity index (χ1) is 6.97. The molecule has 1 aliphatic rings. The molecule has 0 radical (unpaired) electrons. The molecule has 0 aromatic heterocycles. The van der Waals surface area contributed by atoms with Crippen LogP contribution in [0.4, 0.5) is 0 Å². The number of Topliss-reactive ketones (excluding diaryl/α,β-unsaturated/α-hetero) is 2. The van der Waals surface area contributed by atoms with Crippen molar-refractivity contribution in [3.05, 3.63) is 0 Å². The quantitative estimate of drug-likeness (QED) is 0.389. The number of hydrogen-bond donors (Lipinski definition) is 0. The number of rotatable bonds is 2. The van der Waals surface area contributed by atoms with Gasteiger partial charge in [0.05, 0.1) is 13.0 Å². The summed E-state index contributed by atoms with van der Waals surface area (Å²) in [6, 6.07) is 0. The van der Waals surface area contributed by atoms with Gasteiger partial charge in [-0.2, -0.15) is 0 Å². The molecule has 1 rings (SSSR count). The van der Waals surface area contributed by atoms with Crippen LogP contribution in [0, 0.1) is 17.8 Å². The number of carbonyl (C=O) groups excluding carboxylic acids is 3. The van der Waals surface area contributed by atoms with Gasteiger partial charge in [0.25, 0.3) is 5.78 Å². The lowest BCUT2D eigenvalue weighted by atomic mass is 9.73. The molecule has 0 aliphatic heterocycles. The van der Waals surface area contributed by atoms with Gasteiger partial charge >= 0.3 is 5.97 Å². The van der Waals surface area contributed by atoms with Gasteiger partial charge in [-0.1, -0.05) is 13.8 Å². The molecule has 0 saturated heterocycles. The Morgan fingerprint density at radius 1 is 1.33 bits per heavy atom. The molecule has 3 atom stereocenters. The second-order valence-electron chi connectivity index (χ2n) is 4.32. The van der Waals surface area contributed by atoms with E-state index in [0.29, 0.717) is 12.3 Å². The highest BCUT2D eigenvalue weighted by atomic mass is 16.5. The molecule has 0 spiro atoms. The third kappa shape index (κ3) is 2.43. The fourth-order valence-electron chi connectivity index (χ4n) is 2.27. The Balaban J connectivity index is 2.80. The molecule has 1 aliphatic carbocycles. The molecule has 0 aromatic rings. The number of methoxy groups -OCH3 is 1. The summed E-state index contributed by atoms with van der Waals surface area (Å²) in [4.78, 5) is 34.3. The second kappa shape index (κ2) is 4.55. The van der Waals surface area contributed by atoms with Crippen LogP contribution in [0.25, 0.3) is 0 Å². The molecule has 1 saturated carbocycles. The monoisotopic (exact) mass is 212 g/mol. The lowest BCUT2D eigenvalue weighted by Crippen LogP contribution is -2.40. The molecule has 15 heavy (non-hydrogen) atoms. The summed E-state index contributed by atoms with van der Waals surface area (Å²) in [5.74, 6) is -2.27. The van der Waals surface area contributed by atoms with Gasteiger partial charge in [0.15, 0.2) is 0 Å². The van der Waals surface area contributed by atoms with E-state index < -0.39 is 17.7 Å². The van der Waals surface area contributed by atoms with E-state index >= 15 is 0 Å². The van der Waals surface area contributed by atoms with E-state index in [1.807, 2.05) is 13.8 Å². The van der Waals surface area contributed by atoms with E-state index in [2.05, 4.69) is 4.74 Å². The van der Waals surface area contributed by atoms with Crippen LogP contribution in [0.5, 0.6) is 0 Å². The Bertz CT molecular complexity index is 295. The normalized spacial score (nSPS) is 31.1. The zero-order valence-corrected chi connectivity index (χ0v) is 9.28. The van der Waals surface area contributed by atoms with Crippen molar-refractivity contribution in [1.82, 2.24) is 0 Å². The van der Waals surface area contributed by atoms with Gasteiger partial charge in [0.1, 0.15) is 5.78 Å². The smallest absolute Gasteiger partial charge is 0.375 e. The lowest BCUT2D eigenvalue weighted by Gasteiger charge is -2.29. The van der Waals surface area contributed by atoms with E-state index in [-0.39, 0.29) is 11.7 Å². The van der Waals surface area contributed by atoms with Crippen LogP contribution >= 0.6 is 0 Å². The van der Waals surface area contributed by atoms with Crippen LogP contribution in [0.1, 0.15) is 26.7 Å². The minimum Gasteiger partial charge on any atom is -0.463 e. The van der Waals surface area contributed by atoms with Crippen molar-refractivity contribution in [3.8, 4) is 0 Å². The maximum absolute atomic E-state index is 11.6. The molecular formula is C11H16O4. The van der Waals surface area contributed by atoms with E-state index in [1.165, 1.54) is 0 Å². The van der Waals surface area contributed by atoms with Crippen molar-refractivity contribution in [2.24, 2.45) is 17.8 Å². The molecule has 0 N–H and O–H groups in total. The van der Waals surface area contributed by atoms with Gasteiger partial charge in [-0.15, -0.1) is 0 Å². The summed E-state index contributed by atoms with van der Waals surface area (Å²) in [5.41, 5.74) is 0. The van der Waals surface area contributed by atoms with Crippen molar-refractivity contribution in [3.63, 3.8) is 0 Å². The molecule has 4 nitrogen and oxygen atoms in total. The van der Waals surface area contributed by atoms with Crippen molar-refractivity contribution in [2.75, 3.05) is 7.11 Å². The van der Waals surface area contributed by atoms with Crippen LogP contribution in [-0.4, -0.2) is 24.6 Å². The highest BCUT2D eigenvalue weighted by Crippen LogP contribution is 2.31. The SMILES string of the molecule is COC(=O)C(=O)C1C(=O)CC(C)CC1C. The van der Waals surface area contributed by atoms with Crippen LogP contribution in [-0.2, 0) is 19.1 Å². The molecule has 84 valence electrons. The van der Waals surface area contributed by atoms with Crippen molar-refractivity contribution < 1.29 is 19.1 Å². The molecule has 0 amide bonds. The first-order valence-corrected chi connectivity index (χ1v) is 5.12. The molecule has 0 heterocycles.